The van der Waals surface area contributed by atoms with Crippen LogP contribution in [-0.4, -0.2) is 4.57 Å². The van der Waals surface area contributed by atoms with E-state index in [1.807, 2.05) is 0 Å². The van der Waals surface area contributed by atoms with Gasteiger partial charge in [0.25, 0.3) is 5.82 Å². The molecule has 2 nitrogen and oxygen atoms in total. The first-order valence-electron chi connectivity index (χ1n) is 11.3. The van der Waals surface area contributed by atoms with Crippen LogP contribution < -0.4 is 4.57 Å². The van der Waals surface area contributed by atoms with Crippen LogP contribution in [0, 0.1) is 0 Å². The molecule has 0 amide bonds. The fourth-order valence-corrected chi connectivity index (χ4v) is 3.80. The average molecular weight is 350 g/mol. The van der Waals surface area contributed by atoms with Crippen molar-refractivity contribution in [1.82, 2.24) is 4.57 Å². The molecule has 0 radical (unpaired) electrons. The minimum absolute atomic E-state index is 1.16. The van der Waals surface area contributed by atoms with Crippen LogP contribution in [0.3, 0.4) is 0 Å². The number of imidazole rings is 1. The summed E-state index contributed by atoms with van der Waals surface area (Å²) in [7, 11) is 2.19. The van der Waals surface area contributed by atoms with Gasteiger partial charge in [-0.1, -0.05) is 97.3 Å². The number of unbranched alkanes of at least 4 members (excludes halogenated alkanes) is 13. The molecule has 0 aliphatic carbocycles. The van der Waals surface area contributed by atoms with Gasteiger partial charge in [-0.2, -0.15) is 0 Å². The summed E-state index contributed by atoms with van der Waals surface area (Å²) in [5.74, 6) is 1.50. The molecular formula is C23H45N2+. The summed E-state index contributed by atoms with van der Waals surface area (Å²) >= 11 is 0. The summed E-state index contributed by atoms with van der Waals surface area (Å²) in [5.41, 5.74) is 0. The van der Waals surface area contributed by atoms with Crippen molar-refractivity contribution >= 4 is 0 Å². The monoisotopic (exact) mass is 349 g/mol. The third kappa shape index (κ3) is 10.7. The van der Waals surface area contributed by atoms with Crippen molar-refractivity contribution in [3.05, 3.63) is 18.2 Å². The number of hydrogen-bond acceptors (Lipinski definition) is 0. The van der Waals surface area contributed by atoms with Crippen LogP contribution in [0.4, 0.5) is 0 Å². The van der Waals surface area contributed by atoms with E-state index in [0.29, 0.717) is 0 Å². The van der Waals surface area contributed by atoms with E-state index in [1.54, 1.807) is 0 Å². The lowest BCUT2D eigenvalue weighted by Gasteiger charge is -2.04. The Morgan fingerprint density at radius 3 is 1.64 bits per heavy atom. The minimum atomic E-state index is 1.16. The lowest BCUT2D eigenvalue weighted by molar-refractivity contribution is -0.703. The fourth-order valence-electron chi connectivity index (χ4n) is 3.80. The zero-order chi connectivity index (χ0) is 18.2. The van der Waals surface area contributed by atoms with Gasteiger partial charge in [-0.15, -0.1) is 0 Å². The minimum Gasteiger partial charge on any atom is -0.237 e. The van der Waals surface area contributed by atoms with Crippen molar-refractivity contribution in [1.29, 1.82) is 0 Å². The Balaban J connectivity index is 1.89. The molecule has 25 heavy (non-hydrogen) atoms. The first kappa shape index (κ1) is 22.3. The van der Waals surface area contributed by atoms with Gasteiger partial charge in [0, 0.05) is 6.42 Å². The molecule has 146 valence electrons. The molecule has 0 saturated heterocycles. The van der Waals surface area contributed by atoms with Crippen LogP contribution in [-0.2, 0) is 20.0 Å². The van der Waals surface area contributed by atoms with Gasteiger partial charge < -0.3 is 0 Å². The van der Waals surface area contributed by atoms with Crippen LogP contribution in [0.25, 0.3) is 0 Å². The molecule has 2 heteroatoms. The predicted octanol–water partition coefficient (Wildman–Crippen LogP) is 6.75. The summed E-state index contributed by atoms with van der Waals surface area (Å²) in [6, 6.07) is 0. The topological polar surface area (TPSA) is 8.81 Å². The second-order valence-corrected chi connectivity index (χ2v) is 7.86. The van der Waals surface area contributed by atoms with Crippen molar-refractivity contribution in [3.8, 4) is 0 Å². The van der Waals surface area contributed by atoms with E-state index in [0.717, 1.165) is 6.54 Å². The van der Waals surface area contributed by atoms with Gasteiger partial charge in [-0.3, -0.25) is 0 Å². The molecule has 1 aromatic rings. The molecular weight excluding hydrogens is 304 g/mol. The summed E-state index contributed by atoms with van der Waals surface area (Å²) in [6.07, 6.45) is 27.0. The van der Waals surface area contributed by atoms with Crippen LogP contribution >= 0.6 is 0 Å². The molecule has 0 aliphatic rings. The molecule has 0 atom stereocenters. The Kier molecular flexibility index (Phi) is 13.8. The van der Waals surface area contributed by atoms with E-state index >= 15 is 0 Å². The zero-order valence-corrected chi connectivity index (χ0v) is 17.6. The summed E-state index contributed by atoms with van der Waals surface area (Å²) < 4.78 is 4.74. The van der Waals surface area contributed by atoms with Gasteiger partial charge in [0.05, 0.1) is 13.6 Å². The molecule has 0 bridgehead atoms. The molecule has 0 saturated carbocycles. The summed E-state index contributed by atoms with van der Waals surface area (Å²) in [4.78, 5) is 0. The van der Waals surface area contributed by atoms with E-state index in [4.69, 9.17) is 0 Å². The maximum Gasteiger partial charge on any atom is 0.256 e. The molecule has 0 unspecified atom stereocenters. The third-order valence-corrected chi connectivity index (χ3v) is 5.43. The smallest absolute Gasteiger partial charge is 0.237 e. The van der Waals surface area contributed by atoms with Gasteiger partial charge in [-0.25, -0.2) is 9.13 Å². The molecule has 1 aromatic heterocycles. The number of nitrogens with zero attached hydrogens (tertiary/aromatic N) is 2. The highest BCUT2D eigenvalue weighted by Gasteiger charge is 2.12. The first-order chi connectivity index (χ1) is 12.3. The molecule has 0 spiro atoms. The van der Waals surface area contributed by atoms with Gasteiger partial charge >= 0.3 is 0 Å². The van der Waals surface area contributed by atoms with Gasteiger partial charge in [0.1, 0.15) is 12.4 Å². The Bertz CT molecular complexity index is 408. The van der Waals surface area contributed by atoms with E-state index in [9.17, 15) is 0 Å². The molecule has 1 heterocycles. The van der Waals surface area contributed by atoms with Gasteiger partial charge in [0.15, 0.2) is 0 Å². The number of aryl methyl sites for hydroxylation is 2. The normalized spacial score (nSPS) is 11.3. The second-order valence-electron chi connectivity index (χ2n) is 7.86. The quantitative estimate of drug-likeness (QED) is 0.217. The highest BCUT2D eigenvalue weighted by molar-refractivity contribution is 4.82. The standard InChI is InChI=1S/C23H45N2/c1-4-6-7-8-9-10-11-12-13-14-15-16-17-18-19-23-24(3)21-22-25(23)20-5-2/h21-22H,4-20H2,1-3H3/q+1. The van der Waals surface area contributed by atoms with E-state index < -0.39 is 0 Å². The highest BCUT2D eigenvalue weighted by atomic mass is 15.1. The van der Waals surface area contributed by atoms with E-state index in [1.165, 1.54) is 109 Å². The summed E-state index contributed by atoms with van der Waals surface area (Å²) in [6.45, 7) is 5.72. The highest BCUT2D eigenvalue weighted by Crippen LogP contribution is 2.13. The van der Waals surface area contributed by atoms with Crippen molar-refractivity contribution in [2.75, 3.05) is 0 Å². The Morgan fingerprint density at radius 2 is 1.16 bits per heavy atom. The second kappa shape index (κ2) is 15.5. The van der Waals surface area contributed by atoms with E-state index in [-0.39, 0.29) is 0 Å². The lowest BCUT2D eigenvalue weighted by Crippen LogP contribution is -2.36. The summed E-state index contributed by atoms with van der Waals surface area (Å²) in [5, 5.41) is 0. The Labute approximate surface area is 158 Å². The van der Waals surface area contributed by atoms with Crippen molar-refractivity contribution < 1.29 is 4.57 Å². The molecule has 1 rings (SSSR count). The Morgan fingerprint density at radius 1 is 0.680 bits per heavy atom. The lowest BCUT2D eigenvalue weighted by atomic mass is 10.0. The number of aromatic nitrogens is 2. The van der Waals surface area contributed by atoms with Gasteiger partial charge in [0.2, 0.25) is 0 Å². The zero-order valence-electron chi connectivity index (χ0n) is 17.6. The van der Waals surface area contributed by atoms with Crippen molar-refractivity contribution in [2.45, 2.75) is 123 Å². The van der Waals surface area contributed by atoms with Crippen LogP contribution in [0.5, 0.6) is 0 Å². The Hall–Kier alpha value is -0.790. The fraction of sp³-hybridized carbons (Fsp3) is 0.870. The van der Waals surface area contributed by atoms with Crippen molar-refractivity contribution in [3.63, 3.8) is 0 Å². The molecule has 0 aromatic carbocycles. The average Bonchev–Trinajstić information content (AvgIpc) is 2.95. The van der Waals surface area contributed by atoms with Crippen LogP contribution in [0.2, 0.25) is 0 Å². The number of rotatable bonds is 17. The number of hydrogen-bond donors (Lipinski definition) is 0. The third-order valence-electron chi connectivity index (χ3n) is 5.43. The van der Waals surface area contributed by atoms with Crippen molar-refractivity contribution in [2.24, 2.45) is 7.05 Å². The van der Waals surface area contributed by atoms with Crippen LogP contribution in [0.1, 0.15) is 116 Å². The first-order valence-corrected chi connectivity index (χ1v) is 11.3. The van der Waals surface area contributed by atoms with Crippen LogP contribution in [0.15, 0.2) is 12.4 Å². The largest absolute Gasteiger partial charge is 0.256 e. The predicted molar refractivity (Wildman–Crippen MR) is 110 cm³/mol. The van der Waals surface area contributed by atoms with E-state index in [2.05, 4.69) is 42.4 Å². The van der Waals surface area contributed by atoms with Gasteiger partial charge in [-0.05, 0) is 12.8 Å². The SMILES string of the molecule is CCCCCCCCCCCCCCCCc1n(C)cc[n+]1CCC. The molecule has 0 N–H and O–H groups in total. The maximum absolute atomic E-state index is 2.43. The molecule has 0 aliphatic heterocycles. The maximum atomic E-state index is 2.43. The molecule has 0 fully saturated rings.